The number of nitrogens with zero attached hydrogens (tertiary/aromatic N) is 3. The maximum Gasteiger partial charge on any atom is 0.317 e. The van der Waals surface area contributed by atoms with E-state index in [0.29, 0.717) is 18.8 Å². The molecule has 1 aromatic heterocycles. The zero-order valence-corrected chi connectivity index (χ0v) is 16.5. The van der Waals surface area contributed by atoms with Gasteiger partial charge < -0.3 is 25.0 Å². The number of urea groups is 1. The number of carbonyl (C=O) groups excluding carboxylic acids is 1. The standard InChI is InChI=1S/C21H28N4O3/c1-24(15-17-6-7-19(28-2)18(26)12-17)21(27)23-14-16-8-9-22-20(13-16)25-10-4-3-5-11-25/h6-9,12-13,26H,3-5,10-11,14-15H2,1-2H3,(H,23,27). The van der Waals surface area contributed by atoms with Gasteiger partial charge in [0.25, 0.3) is 0 Å². The van der Waals surface area contributed by atoms with Crippen molar-refractivity contribution in [3.05, 3.63) is 47.7 Å². The molecule has 28 heavy (non-hydrogen) atoms. The van der Waals surface area contributed by atoms with E-state index in [1.54, 1.807) is 30.3 Å². The molecular weight excluding hydrogens is 356 g/mol. The van der Waals surface area contributed by atoms with Crippen LogP contribution in [0, 0.1) is 0 Å². The highest BCUT2D eigenvalue weighted by atomic mass is 16.5. The Morgan fingerprint density at radius 3 is 2.71 bits per heavy atom. The molecule has 2 amide bonds. The molecule has 7 heteroatoms. The van der Waals surface area contributed by atoms with E-state index in [1.807, 2.05) is 18.2 Å². The number of rotatable bonds is 6. The second-order valence-electron chi connectivity index (χ2n) is 7.09. The van der Waals surface area contributed by atoms with Crippen molar-refractivity contribution in [3.63, 3.8) is 0 Å². The number of methoxy groups -OCH3 is 1. The molecule has 0 bridgehead atoms. The number of pyridine rings is 1. The molecule has 1 fully saturated rings. The van der Waals surface area contributed by atoms with Gasteiger partial charge in [0.05, 0.1) is 7.11 Å². The van der Waals surface area contributed by atoms with Crippen LogP contribution in [0.15, 0.2) is 36.5 Å². The van der Waals surface area contributed by atoms with Gasteiger partial charge in [-0.2, -0.15) is 0 Å². The van der Waals surface area contributed by atoms with Gasteiger partial charge >= 0.3 is 6.03 Å². The Morgan fingerprint density at radius 2 is 2.00 bits per heavy atom. The van der Waals surface area contributed by atoms with Crippen LogP contribution in [-0.4, -0.2) is 48.3 Å². The van der Waals surface area contributed by atoms with Crippen molar-refractivity contribution in [2.24, 2.45) is 0 Å². The summed E-state index contributed by atoms with van der Waals surface area (Å²) in [6.07, 6.45) is 5.49. The van der Waals surface area contributed by atoms with Gasteiger partial charge in [-0.3, -0.25) is 0 Å². The Hall–Kier alpha value is -2.96. The minimum Gasteiger partial charge on any atom is -0.504 e. The predicted octanol–water partition coefficient (Wildman–Crippen LogP) is 3.13. The number of phenolic OH excluding ortho intramolecular Hbond substituents is 1. The van der Waals surface area contributed by atoms with E-state index in [1.165, 1.54) is 26.4 Å². The van der Waals surface area contributed by atoms with Crippen LogP contribution in [0.4, 0.5) is 10.6 Å². The third-order valence-electron chi connectivity index (χ3n) is 4.94. The summed E-state index contributed by atoms with van der Waals surface area (Å²) in [5.41, 5.74) is 1.85. The average Bonchev–Trinajstić information content (AvgIpc) is 2.73. The summed E-state index contributed by atoms with van der Waals surface area (Å²) in [7, 11) is 3.23. The first kappa shape index (κ1) is 19.8. The number of aromatic hydroxyl groups is 1. The van der Waals surface area contributed by atoms with Crippen LogP contribution in [0.1, 0.15) is 30.4 Å². The number of phenols is 1. The fraction of sp³-hybridized carbons (Fsp3) is 0.429. The summed E-state index contributed by atoms with van der Waals surface area (Å²) in [4.78, 5) is 20.8. The highest BCUT2D eigenvalue weighted by Crippen LogP contribution is 2.26. The predicted molar refractivity (Wildman–Crippen MR) is 109 cm³/mol. The largest absolute Gasteiger partial charge is 0.504 e. The molecule has 1 saturated heterocycles. The SMILES string of the molecule is COc1ccc(CN(C)C(=O)NCc2ccnc(N3CCCCC3)c2)cc1O. The molecule has 1 aliphatic heterocycles. The van der Waals surface area contributed by atoms with Crippen molar-refractivity contribution in [2.45, 2.75) is 32.4 Å². The molecule has 2 aromatic rings. The van der Waals surface area contributed by atoms with Gasteiger partial charge in [0, 0.05) is 39.4 Å². The first-order chi connectivity index (χ1) is 13.6. The number of benzene rings is 1. The van der Waals surface area contributed by atoms with Crippen molar-refractivity contribution < 1.29 is 14.6 Å². The smallest absolute Gasteiger partial charge is 0.317 e. The van der Waals surface area contributed by atoms with Gasteiger partial charge in [-0.05, 0) is 54.7 Å². The number of aromatic nitrogens is 1. The van der Waals surface area contributed by atoms with Crippen LogP contribution in [0.25, 0.3) is 0 Å². The molecule has 0 aliphatic carbocycles. The molecule has 1 aliphatic rings. The molecule has 0 atom stereocenters. The molecule has 0 saturated carbocycles. The van der Waals surface area contributed by atoms with Crippen molar-refractivity contribution in [3.8, 4) is 11.5 Å². The molecule has 1 aromatic carbocycles. The summed E-state index contributed by atoms with van der Waals surface area (Å²) >= 11 is 0. The van der Waals surface area contributed by atoms with Gasteiger partial charge in [0.15, 0.2) is 11.5 Å². The molecule has 0 radical (unpaired) electrons. The second kappa shape index (κ2) is 9.30. The number of ether oxygens (including phenoxy) is 1. The monoisotopic (exact) mass is 384 g/mol. The van der Waals surface area contributed by atoms with E-state index in [0.717, 1.165) is 30.0 Å². The number of nitrogens with one attached hydrogen (secondary N) is 1. The summed E-state index contributed by atoms with van der Waals surface area (Å²) < 4.78 is 5.04. The normalized spacial score (nSPS) is 13.9. The quantitative estimate of drug-likeness (QED) is 0.800. The lowest BCUT2D eigenvalue weighted by Gasteiger charge is -2.28. The molecule has 150 valence electrons. The number of hydrogen-bond donors (Lipinski definition) is 2. The van der Waals surface area contributed by atoms with E-state index in [9.17, 15) is 9.90 Å². The van der Waals surface area contributed by atoms with Crippen LogP contribution < -0.4 is 15.0 Å². The van der Waals surface area contributed by atoms with Crippen LogP contribution in [-0.2, 0) is 13.1 Å². The maximum atomic E-state index is 12.4. The molecule has 3 rings (SSSR count). The second-order valence-corrected chi connectivity index (χ2v) is 7.09. The van der Waals surface area contributed by atoms with E-state index in [-0.39, 0.29) is 11.8 Å². The maximum absolute atomic E-state index is 12.4. The Kier molecular flexibility index (Phi) is 6.57. The van der Waals surface area contributed by atoms with Crippen LogP contribution in [0.2, 0.25) is 0 Å². The van der Waals surface area contributed by atoms with E-state index in [4.69, 9.17) is 4.74 Å². The Bertz CT molecular complexity index is 806. The highest BCUT2D eigenvalue weighted by Gasteiger charge is 2.14. The van der Waals surface area contributed by atoms with Gasteiger partial charge in [-0.15, -0.1) is 0 Å². The third kappa shape index (κ3) is 5.06. The molecule has 7 nitrogen and oxygen atoms in total. The zero-order valence-electron chi connectivity index (χ0n) is 16.5. The minimum atomic E-state index is -0.174. The zero-order chi connectivity index (χ0) is 19.9. The first-order valence-electron chi connectivity index (χ1n) is 9.61. The number of carbonyl (C=O) groups is 1. The highest BCUT2D eigenvalue weighted by molar-refractivity contribution is 5.73. The van der Waals surface area contributed by atoms with Crippen molar-refractivity contribution in [1.29, 1.82) is 0 Å². The van der Waals surface area contributed by atoms with E-state index >= 15 is 0 Å². The van der Waals surface area contributed by atoms with Gasteiger partial charge in [-0.25, -0.2) is 9.78 Å². The third-order valence-corrected chi connectivity index (χ3v) is 4.94. The summed E-state index contributed by atoms with van der Waals surface area (Å²) in [5.74, 6) is 1.46. The lowest BCUT2D eigenvalue weighted by Crippen LogP contribution is -2.36. The van der Waals surface area contributed by atoms with Gasteiger partial charge in [0.1, 0.15) is 5.82 Å². The number of amides is 2. The van der Waals surface area contributed by atoms with Crippen LogP contribution in [0.5, 0.6) is 11.5 Å². The fourth-order valence-electron chi connectivity index (χ4n) is 3.36. The first-order valence-corrected chi connectivity index (χ1v) is 9.61. The number of hydrogen-bond acceptors (Lipinski definition) is 5. The lowest BCUT2D eigenvalue weighted by molar-refractivity contribution is 0.206. The van der Waals surface area contributed by atoms with Gasteiger partial charge in [0.2, 0.25) is 0 Å². The molecule has 2 heterocycles. The summed E-state index contributed by atoms with van der Waals surface area (Å²) in [6, 6.07) is 8.93. The molecule has 2 N–H and O–H groups in total. The minimum absolute atomic E-state index is 0.0656. The van der Waals surface area contributed by atoms with Crippen molar-refractivity contribution >= 4 is 11.8 Å². The Balaban J connectivity index is 1.54. The number of anilines is 1. The fourth-order valence-corrected chi connectivity index (χ4v) is 3.36. The van der Waals surface area contributed by atoms with Crippen molar-refractivity contribution in [2.75, 3.05) is 32.1 Å². The lowest BCUT2D eigenvalue weighted by atomic mass is 10.1. The van der Waals surface area contributed by atoms with Gasteiger partial charge in [-0.1, -0.05) is 6.07 Å². The van der Waals surface area contributed by atoms with Crippen molar-refractivity contribution in [1.82, 2.24) is 15.2 Å². The van der Waals surface area contributed by atoms with Crippen LogP contribution >= 0.6 is 0 Å². The molecular formula is C21H28N4O3. The average molecular weight is 384 g/mol. The number of piperidine rings is 1. The van der Waals surface area contributed by atoms with E-state index < -0.39 is 0 Å². The molecule has 0 unspecified atom stereocenters. The van der Waals surface area contributed by atoms with E-state index in [2.05, 4.69) is 15.2 Å². The Morgan fingerprint density at radius 1 is 1.21 bits per heavy atom. The topological polar surface area (TPSA) is 77.9 Å². The molecule has 0 spiro atoms. The summed E-state index contributed by atoms with van der Waals surface area (Å²) in [6.45, 7) is 2.92. The Labute approximate surface area is 165 Å². The summed E-state index contributed by atoms with van der Waals surface area (Å²) in [5, 5.41) is 12.8. The van der Waals surface area contributed by atoms with Crippen LogP contribution in [0.3, 0.4) is 0 Å².